The summed E-state index contributed by atoms with van der Waals surface area (Å²) < 4.78 is 2.00. The lowest BCUT2D eigenvalue weighted by atomic mass is 9.91. The normalized spacial score (nSPS) is 12.1. The number of aliphatic hydroxyl groups excluding tert-OH is 1. The lowest BCUT2D eigenvalue weighted by molar-refractivity contribution is -0.131. The molecule has 0 spiro atoms. The molecule has 0 atom stereocenters. The number of carbonyl (C=O) groups is 1. The molecule has 1 amide bonds. The molecule has 6 heteroatoms. The molecule has 0 saturated carbocycles. The van der Waals surface area contributed by atoms with Gasteiger partial charge in [0, 0.05) is 43.8 Å². The van der Waals surface area contributed by atoms with Gasteiger partial charge in [0.25, 0.3) is 0 Å². The maximum absolute atomic E-state index is 12.3. The summed E-state index contributed by atoms with van der Waals surface area (Å²) in [7, 11) is 0. The number of hydrogen-bond acceptors (Lipinski definition) is 4. The van der Waals surface area contributed by atoms with Gasteiger partial charge in [-0.1, -0.05) is 75.0 Å². The Labute approximate surface area is 225 Å². The number of fused-ring (bicyclic) bond motifs is 1. The number of hydrogen-bond donors (Lipinski definition) is 1. The largest absolute Gasteiger partial charge is 0.396 e. The summed E-state index contributed by atoms with van der Waals surface area (Å²) >= 11 is 0. The standard InChI is InChI=1S/C32H36N4O2/c1-22-16-17-36-24(3)33-34-31(36)29(22)18-30(28-10-8-7-9-11-28)23(2)27-14-12-26(13-15-27)19-35(25(4)38)20-32(5,6)21-37/h7-18,37H,2,19-21H2,1,3-6H3/b30-18+. The number of aliphatic hydroxyl groups is 1. The Bertz CT molecular complexity index is 1480. The zero-order valence-corrected chi connectivity index (χ0v) is 22.9. The first kappa shape index (κ1) is 27.0. The first-order valence-corrected chi connectivity index (χ1v) is 12.8. The maximum Gasteiger partial charge on any atom is 0.219 e. The van der Waals surface area contributed by atoms with E-state index in [4.69, 9.17) is 0 Å². The highest BCUT2D eigenvalue weighted by atomic mass is 16.3. The molecule has 196 valence electrons. The molecule has 0 bridgehead atoms. The van der Waals surface area contributed by atoms with Crippen LogP contribution in [0.25, 0.3) is 22.9 Å². The highest BCUT2D eigenvalue weighted by molar-refractivity contribution is 6.11. The van der Waals surface area contributed by atoms with Crippen LogP contribution >= 0.6 is 0 Å². The summed E-state index contributed by atoms with van der Waals surface area (Å²) in [6.07, 6.45) is 4.15. The predicted molar refractivity (Wildman–Crippen MR) is 154 cm³/mol. The molecule has 1 N–H and O–H groups in total. The average Bonchev–Trinajstić information content (AvgIpc) is 3.28. The van der Waals surface area contributed by atoms with Gasteiger partial charge in [0.1, 0.15) is 5.82 Å². The molecule has 0 aliphatic heterocycles. The third-order valence-electron chi connectivity index (χ3n) is 6.87. The smallest absolute Gasteiger partial charge is 0.219 e. The molecule has 38 heavy (non-hydrogen) atoms. The van der Waals surface area contributed by atoms with Crippen molar-refractivity contribution in [1.29, 1.82) is 0 Å². The van der Waals surface area contributed by atoms with Crippen LogP contribution in [-0.2, 0) is 11.3 Å². The Morgan fingerprint density at radius 1 is 1.03 bits per heavy atom. The van der Waals surface area contributed by atoms with Gasteiger partial charge in [-0.2, -0.15) is 0 Å². The quantitative estimate of drug-likeness (QED) is 0.283. The second kappa shape index (κ2) is 11.2. The molecule has 0 fully saturated rings. The number of aromatic nitrogens is 3. The van der Waals surface area contributed by atoms with E-state index in [0.717, 1.165) is 50.4 Å². The number of aryl methyl sites for hydroxylation is 2. The van der Waals surface area contributed by atoms with Crippen LogP contribution in [0.5, 0.6) is 0 Å². The first-order valence-electron chi connectivity index (χ1n) is 12.8. The van der Waals surface area contributed by atoms with Gasteiger partial charge in [-0.3, -0.25) is 9.20 Å². The number of rotatable bonds is 9. The van der Waals surface area contributed by atoms with Gasteiger partial charge < -0.3 is 10.0 Å². The van der Waals surface area contributed by atoms with Crippen molar-refractivity contribution in [1.82, 2.24) is 19.5 Å². The van der Waals surface area contributed by atoms with E-state index in [0.29, 0.717) is 13.1 Å². The Morgan fingerprint density at radius 3 is 2.34 bits per heavy atom. The molecule has 2 aromatic carbocycles. The maximum atomic E-state index is 12.3. The lowest BCUT2D eigenvalue weighted by Crippen LogP contribution is -2.38. The number of nitrogens with zero attached hydrogens (tertiary/aromatic N) is 4. The highest BCUT2D eigenvalue weighted by Gasteiger charge is 2.23. The minimum Gasteiger partial charge on any atom is -0.396 e. The van der Waals surface area contributed by atoms with E-state index < -0.39 is 0 Å². The van der Waals surface area contributed by atoms with Crippen LogP contribution < -0.4 is 0 Å². The van der Waals surface area contributed by atoms with Crippen LogP contribution in [0.3, 0.4) is 0 Å². The topological polar surface area (TPSA) is 70.7 Å². The van der Waals surface area contributed by atoms with Gasteiger partial charge in [-0.25, -0.2) is 0 Å². The van der Waals surface area contributed by atoms with Crippen molar-refractivity contribution in [2.45, 2.75) is 41.2 Å². The number of carbonyl (C=O) groups excluding carboxylic acids is 1. The Kier molecular flexibility index (Phi) is 7.93. The lowest BCUT2D eigenvalue weighted by Gasteiger charge is -2.30. The van der Waals surface area contributed by atoms with Gasteiger partial charge in [-0.05, 0) is 59.4 Å². The zero-order chi connectivity index (χ0) is 27.4. The average molecular weight is 509 g/mol. The SMILES string of the molecule is C=C(/C(=C\c1c(C)ccn2c(C)nnc12)c1ccccc1)c1ccc(CN(CC(C)(C)CO)C(C)=O)cc1. The van der Waals surface area contributed by atoms with E-state index >= 15 is 0 Å². The van der Waals surface area contributed by atoms with Gasteiger partial charge in [0.2, 0.25) is 5.91 Å². The zero-order valence-electron chi connectivity index (χ0n) is 22.9. The van der Waals surface area contributed by atoms with Crippen molar-refractivity contribution in [2.75, 3.05) is 13.2 Å². The molecule has 0 aliphatic carbocycles. The minimum absolute atomic E-state index is 0.0115. The Balaban J connectivity index is 1.69. The van der Waals surface area contributed by atoms with E-state index in [9.17, 15) is 9.90 Å². The van der Waals surface area contributed by atoms with Crippen molar-refractivity contribution in [3.63, 3.8) is 0 Å². The van der Waals surface area contributed by atoms with Crippen molar-refractivity contribution in [2.24, 2.45) is 5.41 Å². The van der Waals surface area contributed by atoms with Crippen molar-refractivity contribution in [3.05, 3.63) is 107 Å². The molecule has 0 saturated heterocycles. The fourth-order valence-electron chi connectivity index (χ4n) is 4.50. The van der Waals surface area contributed by atoms with Crippen molar-refractivity contribution < 1.29 is 9.90 Å². The van der Waals surface area contributed by atoms with Crippen LogP contribution in [0, 0.1) is 19.3 Å². The molecule has 6 nitrogen and oxygen atoms in total. The van der Waals surface area contributed by atoms with E-state index in [-0.39, 0.29) is 17.9 Å². The molecule has 2 aromatic heterocycles. The fourth-order valence-corrected chi connectivity index (χ4v) is 4.50. The van der Waals surface area contributed by atoms with E-state index in [1.165, 1.54) is 0 Å². The molecule has 0 radical (unpaired) electrons. The van der Waals surface area contributed by atoms with E-state index in [2.05, 4.69) is 60.1 Å². The number of pyridine rings is 1. The third-order valence-corrected chi connectivity index (χ3v) is 6.87. The third kappa shape index (κ3) is 5.92. The second-order valence-electron chi connectivity index (χ2n) is 10.7. The fraction of sp³-hybridized carbons (Fsp3) is 0.281. The first-order chi connectivity index (χ1) is 18.1. The number of benzene rings is 2. The Morgan fingerprint density at radius 2 is 1.71 bits per heavy atom. The van der Waals surface area contributed by atoms with Crippen LogP contribution in [0.2, 0.25) is 0 Å². The predicted octanol–water partition coefficient (Wildman–Crippen LogP) is 5.97. The second-order valence-corrected chi connectivity index (χ2v) is 10.7. The van der Waals surface area contributed by atoms with E-state index in [1.54, 1.807) is 11.8 Å². The Hall–Kier alpha value is -4.03. The molecule has 4 aromatic rings. The van der Waals surface area contributed by atoms with E-state index in [1.807, 2.05) is 61.7 Å². The summed E-state index contributed by atoms with van der Waals surface area (Å²) in [5, 5.41) is 18.4. The summed E-state index contributed by atoms with van der Waals surface area (Å²) in [5.41, 5.74) is 7.55. The van der Waals surface area contributed by atoms with Crippen LogP contribution in [0.1, 0.15) is 54.4 Å². The minimum atomic E-state index is -0.362. The van der Waals surface area contributed by atoms with Gasteiger partial charge in [0.05, 0.1) is 0 Å². The summed E-state index contributed by atoms with van der Waals surface area (Å²) in [5.74, 6) is 0.829. The number of amides is 1. The van der Waals surface area contributed by atoms with Crippen LogP contribution in [-0.4, -0.2) is 43.7 Å². The van der Waals surface area contributed by atoms with Gasteiger partial charge in [0.15, 0.2) is 5.65 Å². The monoisotopic (exact) mass is 508 g/mol. The summed E-state index contributed by atoms with van der Waals surface area (Å²) in [6.45, 7) is 15.0. The highest BCUT2D eigenvalue weighted by Crippen LogP contribution is 2.33. The van der Waals surface area contributed by atoms with Crippen molar-refractivity contribution >= 4 is 28.8 Å². The van der Waals surface area contributed by atoms with Crippen molar-refractivity contribution in [3.8, 4) is 0 Å². The molecule has 0 unspecified atom stereocenters. The molecular formula is C32H36N4O2. The molecular weight excluding hydrogens is 472 g/mol. The van der Waals surface area contributed by atoms with Gasteiger partial charge in [-0.15, -0.1) is 10.2 Å². The number of allylic oxidation sites excluding steroid dienone is 2. The summed E-state index contributed by atoms with van der Waals surface area (Å²) in [6, 6.07) is 20.5. The van der Waals surface area contributed by atoms with Crippen LogP contribution in [0.4, 0.5) is 0 Å². The molecule has 0 aliphatic rings. The van der Waals surface area contributed by atoms with Gasteiger partial charge >= 0.3 is 0 Å². The summed E-state index contributed by atoms with van der Waals surface area (Å²) in [4.78, 5) is 14.0. The molecule has 4 rings (SSSR count). The van der Waals surface area contributed by atoms with Crippen LogP contribution in [0.15, 0.2) is 73.4 Å². The molecule has 2 heterocycles.